The van der Waals surface area contributed by atoms with Gasteiger partial charge in [-0.05, 0) is 49.9 Å². The molecule has 1 aliphatic heterocycles. The van der Waals surface area contributed by atoms with E-state index in [1.54, 1.807) is 19.1 Å². The molecule has 0 unspecified atom stereocenters. The van der Waals surface area contributed by atoms with E-state index in [1.807, 2.05) is 24.3 Å². The number of aryl methyl sites for hydroxylation is 2. The number of para-hydroxylation sites is 1. The quantitative estimate of drug-likeness (QED) is 0.654. The molecule has 31 heavy (non-hydrogen) atoms. The van der Waals surface area contributed by atoms with Crippen LogP contribution in [0, 0.1) is 13.8 Å². The van der Waals surface area contributed by atoms with Crippen LogP contribution in [0.2, 0.25) is 0 Å². The molecule has 8 heteroatoms. The first-order chi connectivity index (χ1) is 15.0. The predicted molar refractivity (Wildman–Crippen MR) is 119 cm³/mol. The number of hydrogen-bond donors (Lipinski definition) is 1. The van der Waals surface area contributed by atoms with E-state index in [9.17, 15) is 4.79 Å². The monoisotopic (exact) mass is 421 g/mol. The highest BCUT2D eigenvalue weighted by Crippen LogP contribution is 2.26. The van der Waals surface area contributed by atoms with Crippen molar-refractivity contribution in [2.45, 2.75) is 20.5 Å². The zero-order chi connectivity index (χ0) is 21.8. The SMILES string of the molecule is Cc1nc(COc2ccccc2C(=O)Nc2ccc(N3CCN(C)CC3)c(C)c2)no1. The van der Waals surface area contributed by atoms with E-state index in [4.69, 9.17) is 9.26 Å². The van der Waals surface area contributed by atoms with Crippen LogP contribution in [0.25, 0.3) is 0 Å². The molecule has 3 aromatic rings. The first kappa shape index (κ1) is 20.9. The molecule has 1 aliphatic rings. The number of rotatable bonds is 6. The van der Waals surface area contributed by atoms with Gasteiger partial charge in [-0.3, -0.25) is 4.79 Å². The van der Waals surface area contributed by atoms with Crippen molar-refractivity contribution in [3.8, 4) is 5.75 Å². The second kappa shape index (κ2) is 9.18. The third-order valence-corrected chi connectivity index (χ3v) is 5.36. The Morgan fingerprint density at radius 3 is 2.61 bits per heavy atom. The molecule has 1 amide bonds. The topological polar surface area (TPSA) is 83.7 Å². The highest BCUT2D eigenvalue weighted by Gasteiger charge is 2.17. The Labute approximate surface area is 181 Å². The first-order valence-corrected chi connectivity index (χ1v) is 10.4. The zero-order valence-corrected chi connectivity index (χ0v) is 18.1. The summed E-state index contributed by atoms with van der Waals surface area (Å²) in [5, 5.41) is 6.80. The van der Waals surface area contributed by atoms with Crippen LogP contribution in [0.5, 0.6) is 5.75 Å². The Kier molecular flexibility index (Phi) is 6.18. The summed E-state index contributed by atoms with van der Waals surface area (Å²) in [7, 11) is 2.15. The fourth-order valence-electron chi connectivity index (χ4n) is 3.66. The van der Waals surface area contributed by atoms with Gasteiger partial charge in [0.15, 0.2) is 6.61 Å². The smallest absolute Gasteiger partial charge is 0.259 e. The minimum atomic E-state index is -0.230. The van der Waals surface area contributed by atoms with E-state index in [-0.39, 0.29) is 12.5 Å². The Morgan fingerprint density at radius 2 is 1.90 bits per heavy atom. The molecule has 0 saturated carbocycles. The molecule has 0 aliphatic carbocycles. The maximum atomic E-state index is 12.9. The zero-order valence-electron chi connectivity index (χ0n) is 18.1. The van der Waals surface area contributed by atoms with E-state index >= 15 is 0 Å². The molecule has 0 bridgehead atoms. The summed E-state index contributed by atoms with van der Waals surface area (Å²) in [5.41, 5.74) is 3.55. The van der Waals surface area contributed by atoms with Gasteiger partial charge in [0.25, 0.3) is 5.91 Å². The van der Waals surface area contributed by atoms with Crippen LogP contribution in [0.4, 0.5) is 11.4 Å². The van der Waals surface area contributed by atoms with Crippen LogP contribution in [-0.4, -0.2) is 54.2 Å². The van der Waals surface area contributed by atoms with Gasteiger partial charge in [0, 0.05) is 44.5 Å². The van der Waals surface area contributed by atoms with Gasteiger partial charge in [-0.1, -0.05) is 17.3 Å². The highest BCUT2D eigenvalue weighted by atomic mass is 16.5. The summed E-state index contributed by atoms with van der Waals surface area (Å²) < 4.78 is 10.7. The largest absolute Gasteiger partial charge is 0.485 e. The van der Waals surface area contributed by atoms with Crippen molar-refractivity contribution in [3.05, 3.63) is 65.3 Å². The van der Waals surface area contributed by atoms with E-state index in [1.165, 1.54) is 5.69 Å². The minimum Gasteiger partial charge on any atom is -0.485 e. The summed E-state index contributed by atoms with van der Waals surface area (Å²) in [6.45, 7) is 8.04. The van der Waals surface area contributed by atoms with Crippen LogP contribution in [-0.2, 0) is 6.61 Å². The van der Waals surface area contributed by atoms with Crippen molar-refractivity contribution < 1.29 is 14.1 Å². The fraction of sp³-hybridized carbons (Fsp3) is 0.348. The van der Waals surface area contributed by atoms with Crippen molar-refractivity contribution in [3.63, 3.8) is 0 Å². The van der Waals surface area contributed by atoms with Gasteiger partial charge in [0.1, 0.15) is 5.75 Å². The average molecular weight is 422 g/mol. The van der Waals surface area contributed by atoms with Crippen LogP contribution in [0.15, 0.2) is 47.0 Å². The second-order valence-corrected chi connectivity index (χ2v) is 7.76. The van der Waals surface area contributed by atoms with Crippen molar-refractivity contribution in [2.24, 2.45) is 0 Å². The van der Waals surface area contributed by atoms with Gasteiger partial charge in [0.2, 0.25) is 11.7 Å². The lowest BCUT2D eigenvalue weighted by atomic mass is 10.1. The summed E-state index contributed by atoms with van der Waals surface area (Å²) in [4.78, 5) is 21.8. The molecule has 8 nitrogen and oxygen atoms in total. The van der Waals surface area contributed by atoms with E-state index in [0.717, 1.165) is 37.4 Å². The third-order valence-electron chi connectivity index (χ3n) is 5.36. The number of carbonyl (C=O) groups excluding carboxylic acids is 1. The molecule has 162 valence electrons. The molecule has 1 saturated heterocycles. The molecule has 0 radical (unpaired) electrons. The van der Waals surface area contributed by atoms with Crippen molar-refractivity contribution in [1.29, 1.82) is 0 Å². The summed E-state index contributed by atoms with van der Waals surface area (Å²) >= 11 is 0. The standard InChI is InChI=1S/C23H27N5O3/c1-16-14-18(8-9-20(16)28-12-10-27(3)11-13-28)25-23(29)19-6-4-5-7-21(19)30-15-22-24-17(2)31-26-22/h4-9,14H,10-13,15H2,1-3H3,(H,25,29). The second-order valence-electron chi connectivity index (χ2n) is 7.76. The molecule has 0 atom stereocenters. The maximum absolute atomic E-state index is 12.9. The van der Waals surface area contributed by atoms with Gasteiger partial charge in [-0.25, -0.2) is 0 Å². The number of anilines is 2. The normalized spacial score (nSPS) is 14.5. The number of carbonyl (C=O) groups is 1. The number of benzene rings is 2. The average Bonchev–Trinajstić information content (AvgIpc) is 3.18. The van der Waals surface area contributed by atoms with Crippen LogP contribution >= 0.6 is 0 Å². The maximum Gasteiger partial charge on any atom is 0.259 e. The Morgan fingerprint density at radius 1 is 1.13 bits per heavy atom. The highest BCUT2D eigenvalue weighted by molar-refractivity contribution is 6.06. The van der Waals surface area contributed by atoms with Crippen LogP contribution < -0.4 is 15.0 Å². The molecular formula is C23H27N5O3. The Balaban J connectivity index is 1.44. The lowest BCUT2D eigenvalue weighted by Gasteiger charge is -2.35. The third kappa shape index (κ3) is 5.03. The number of aromatic nitrogens is 2. The molecule has 1 N–H and O–H groups in total. The molecule has 1 aromatic heterocycles. The van der Waals surface area contributed by atoms with E-state index in [2.05, 4.69) is 45.3 Å². The fourth-order valence-corrected chi connectivity index (χ4v) is 3.66. The Bertz CT molecular complexity index is 1060. The molecule has 1 fully saturated rings. The first-order valence-electron chi connectivity index (χ1n) is 10.4. The van der Waals surface area contributed by atoms with Gasteiger partial charge in [0.05, 0.1) is 5.56 Å². The number of hydrogen-bond acceptors (Lipinski definition) is 7. The predicted octanol–water partition coefficient (Wildman–Crippen LogP) is 3.27. The lowest BCUT2D eigenvalue weighted by molar-refractivity contribution is 0.102. The van der Waals surface area contributed by atoms with Gasteiger partial charge in [-0.15, -0.1) is 0 Å². The molecule has 2 heterocycles. The van der Waals surface area contributed by atoms with Crippen molar-refractivity contribution >= 4 is 17.3 Å². The van der Waals surface area contributed by atoms with Crippen LogP contribution in [0.1, 0.15) is 27.6 Å². The van der Waals surface area contributed by atoms with Crippen LogP contribution in [0.3, 0.4) is 0 Å². The van der Waals surface area contributed by atoms with Gasteiger partial charge < -0.3 is 24.4 Å². The summed E-state index contributed by atoms with van der Waals surface area (Å²) in [6.07, 6.45) is 0. The summed E-state index contributed by atoms with van der Waals surface area (Å²) in [5.74, 6) is 1.14. The number of piperazine rings is 1. The van der Waals surface area contributed by atoms with E-state index in [0.29, 0.717) is 23.0 Å². The molecule has 4 rings (SSSR count). The van der Waals surface area contributed by atoms with Crippen molar-refractivity contribution in [1.82, 2.24) is 15.0 Å². The van der Waals surface area contributed by atoms with E-state index < -0.39 is 0 Å². The number of likely N-dealkylation sites (N-methyl/N-ethyl adjacent to an activating group) is 1. The molecule has 0 spiro atoms. The molecule has 2 aromatic carbocycles. The number of nitrogens with zero attached hydrogens (tertiary/aromatic N) is 4. The van der Waals surface area contributed by atoms with Gasteiger partial charge >= 0.3 is 0 Å². The minimum absolute atomic E-state index is 0.125. The van der Waals surface area contributed by atoms with Gasteiger partial charge in [-0.2, -0.15) is 4.98 Å². The molecular weight excluding hydrogens is 394 g/mol. The summed E-state index contributed by atoms with van der Waals surface area (Å²) in [6, 6.07) is 13.2. The Hall–Kier alpha value is -3.39. The number of ether oxygens (including phenoxy) is 1. The lowest BCUT2D eigenvalue weighted by Crippen LogP contribution is -2.44. The number of amides is 1. The number of nitrogens with one attached hydrogen (secondary N) is 1. The van der Waals surface area contributed by atoms with Crippen molar-refractivity contribution in [2.75, 3.05) is 43.4 Å².